The van der Waals surface area contributed by atoms with E-state index >= 15 is 0 Å². The van der Waals surface area contributed by atoms with Gasteiger partial charge in [-0.2, -0.15) is 0 Å². The predicted octanol–water partition coefficient (Wildman–Crippen LogP) is 2.70. The monoisotopic (exact) mass is 244 g/mol. The SMILES string of the molecule is CC(C)OCC(O)CSc1ccc(F)cc1. The lowest BCUT2D eigenvalue weighted by Crippen LogP contribution is -2.20. The van der Waals surface area contributed by atoms with E-state index in [-0.39, 0.29) is 11.9 Å². The summed E-state index contributed by atoms with van der Waals surface area (Å²) in [5.74, 6) is 0.311. The maximum absolute atomic E-state index is 12.6. The molecular weight excluding hydrogens is 227 g/mol. The Bertz CT molecular complexity index is 300. The van der Waals surface area contributed by atoms with Crippen molar-refractivity contribution in [2.75, 3.05) is 12.4 Å². The molecule has 0 aliphatic carbocycles. The third kappa shape index (κ3) is 5.49. The zero-order chi connectivity index (χ0) is 12.0. The summed E-state index contributed by atoms with van der Waals surface area (Å²) >= 11 is 1.49. The molecule has 90 valence electrons. The van der Waals surface area contributed by atoms with E-state index in [1.807, 2.05) is 13.8 Å². The summed E-state index contributed by atoms with van der Waals surface area (Å²) in [5.41, 5.74) is 0. The van der Waals surface area contributed by atoms with Crippen LogP contribution in [0, 0.1) is 5.82 Å². The minimum atomic E-state index is -0.488. The van der Waals surface area contributed by atoms with Crippen LogP contribution in [0.1, 0.15) is 13.8 Å². The Kier molecular flexibility index (Phi) is 5.80. The number of benzene rings is 1. The van der Waals surface area contributed by atoms with Gasteiger partial charge in [0.1, 0.15) is 5.82 Å². The number of hydrogen-bond acceptors (Lipinski definition) is 3. The van der Waals surface area contributed by atoms with Gasteiger partial charge in [0.2, 0.25) is 0 Å². The Balaban J connectivity index is 2.26. The molecule has 0 spiro atoms. The third-order valence-corrected chi connectivity index (χ3v) is 3.03. The fraction of sp³-hybridized carbons (Fsp3) is 0.500. The van der Waals surface area contributed by atoms with Crippen molar-refractivity contribution in [3.63, 3.8) is 0 Å². The molecule has 16 heavy (non-hydrogen) atoms. The Morgan fingerprint density at radius 3 is 2.50 bits per heavy atom. The summed E-state index contributed by atoms with van der Waals surface area (Å²) in [7, 11) is 0. The minimum absolute atomic E-state index is 0.130. The fourth-order valence-corrected chi connectivity index (χ4v) is 1.88. The van der Waals surface area contributed by atoms with Crippen LogP contribution in [-0.2, 0) is 4.74 Å². The Morgan fingerprint density at radius 2 is 1.94 bits per heavy atom. The lowest BCUT2D eigenvalue weighted by atomic mass is 10.3. The highest BCUT2D eigenvalue weighted by Gasteiger charge is 2.06. The number of ether oxygens (including phenoxy) is 1. The van der Waals surface area contributed by atoms with E-state index in [2.05, 4.69) is 0 Å². The average molecular weight is 244 g/mol. The topological polar surface area (TPSA) is 29.5 Å². The van der Waals surface area contributed by atoms with Crippen LogP contribution in [0.2, 0.25) is 0 Å². The summed E-state index contributed by atoms with van der Waals surface area (Å²) in [5, 5.41) is 9.59. The molecular formula is C12H17FO2S. The molecule has 0 aromatic heterocycles. The zero-order valence-corrected chi connectivity index (χ0v) is 10.3. The molecule has 0 aliphatic rings. The summed E-state index contributed by atoms with van der Waals surface area (Å²) in [6.45, 7) is 4.20. The van der Waals surface area contributed by atoms with Crippen LogP contribution in [0.5, 0.6) is 0 Å². The third-order valence-electron chi connectivity index (χ3n) is 1.88. The number of rotatable bonds is 6. The number of thioether (sulfide) groups is 1. The minimum Gasteiger partial charge on any atom is -0.390 e. The van der Waals surface area contributed by atoms with Gasteiger partial charge in [-0.15, -0.1) is 11.8 Å². The number of aliphatic hydroxyl groups is 1. The standard InChI is InChI=1S/C12H17FO2S/c1-9(2)15-7-11(14)8-16-12-5-3-10(13)4-6-12/h3-6,9,11,14H,7-8H2,1-2H3. The quantitative estimate of drug-likeness (QED) is 0.780. The van der Waals surface area contributed by atoms with Crippen LogP contribution in [0.3, 0.4) is 0 Å². The van der Waals surface area contributed by atoms with Gasteiger partial charge in [-0.25, -0.2) is 4.39 Å². The van der Waals surface area contributed by atoms with Gasteiger partial charge in [-0.3, -0.25) is 0 Å². The summed E-state index contributed by atoms with van der Waals surface area (Å²) < 4.78 is 17.9. The van der Waals surface area contributed by atoms with Crippen molar-refractivity contribution < 1.29 is 14.2 Å². The Morgan fingerprint density at radius 1 is 1.31 bits per heavy atom. The molecule has 1 unspecified atom stereocenters. The first-order chi connectivity index (χ1) is 7.58. The van der Waals surface area contributed by atoms with E-state index in [1.165, 1.54) is 23.9 Å². The summed E-state index contributed by atoms with van der Waals surface area (Å²) in [6, 6.07) is 6.24. The molecule has 1 rings (SSSR count). The summed E-state index contributed by atoms with van der Waals surface area (Å²) in [6.07, 6.45) is -0.358. The summed E-state index contributed by atoms with van der Waals surface area (Å²) in [4.78, 5) is 0.949. The molecule has 1 aromatic rings. The van der Waals surface area contributed by atoms with Crippen molar-refractivity contribution >= 4 is 11.8 Å². The van der Waals surface area contributed by atoms with E-state index in [1.54, 1.807) is 12.1 Å². The Labute approximate surface area is 99.8 Å². The number of hydrogen-bond donors (Lipinski definition) is 1. The first kappa shape index (κ1) is 13.5. The second-order valence-corrected chi connectivity index (χ2v) is 4.89. The van der Waals surface area contributed by atoms with Crippen molar-refractivity contribution in [3.8, 4) is 0 Å². The molecule has 0 saturated heterocycles. The molecule has 2 nitrogen and oxygen atoms in total. The van der Waals surface area contributed by atoms with Crippen molar-refractivity contribution in [2.45, 2.75) is 31.0 Å². The molecule has 0 aliphatic heterocycles. The first-order valence-corrected chi connectivity index (χ1v) is 6.24. The lowest BCUT2D eigenvalue weighted by molar-refractivity contribution is 0.0152. The van der Waals surface area contributed by atoms with Gasteiger partial charge in [0, 0.05) is 10.6 Å². The van der Waals surface area contributed by atoms with Gasteiger partial charge in [-0.05, 0) is 38.1 Å². The largest absolute Gasteiger partial charge is 0.390 e. The molecule has 0 amide bonds. The molecule has 0 bridgehead atoms. The van der Waals surface area contributed by atoms with Gasteiger partial charge in [-0.1, -0.05) is 0 Å². The van der Waals surface area contributed by atoms with E-state index in [4.69, 9.17) is 4.74 Å². The Hall–Kier alpha value is -0.580. The first-order valence-electron chi connectivity index (χ1n) is 5.26. The molecule has 1 atom stereocenters. The van der Waals surface area contributed by atoms with Gasteiger partial charge < -0.3 is 9.84 Å². The molecule has 1 aromatic carbocycles. The van der Waals surface area contributed by atoms with E-state index in [9.17, 15) is 9.50 Å². The van der Waals surface area contributed by atoms with Crippen LogP contribution in [0.4, 0.5) is 4.39 Å². The van der Waals surface area contributed by atoms with Gasteiger partial charge in [0.25, 0.3) is 0 Å². The highest BCUT2D eigenvalue weighted by Crippen LogP contribution is 2.19. The number of halogens is 1. The van der Waals surface area contributed by atoms with Crippen molar-refractivity contribution in [1.29, 1.82) is 0 Å². The maximum atomic E-state index is 12.6. The van der Waals surface area contributed by atoms with Gasteiger partial charge in [0.15, 0.2) is 0 Å². The molecule has 0 fully saturated rings. The zero-order valence-electron chi connectivity index (χ0n) is 9.52. The predicted molar refractivity (Wildman–Crippen MR) is 64.2 cm³/mol. The molecule has 0 saturated carbocycles. The fourth-order valence-electron chi connectivity index (χ4n) is 1.07. The molecule has 0 radical (unpaired) electrons. The van der Waals surface area contributed by atoms with Crippen LogP contribution < -0.4 is 0 Å². The maximum Gasteiger partial charge on any atom is 0.123 e. The second kappa shape index (κ2) is 6.89. The second-order valence-electron chi connectivity index (χ2n) is 3.80. The average Bonchev–Trinajstić information content (AvgIpc) is 2.25. The van der Waals surface area contributed by atoms with E-state index < -0.39 is 6.10 Å². The van der Waals surface area contributed by atoms with Crippen molar-refractivity contribution in [1.82, 2.24) is 0 Å². The highest BCUT2D eigenvalue weighted by molar-refractivity contribution is 7.99. The molecule has 4 heteroatoms. The highest BCUT2D eigenvalue weighted by atomic mass is 32.2. The molecule has 0 heterocycles. The van der Waals surface area contributed by atoms with Crippen LogP contribution >= 0.6 is 11.8 Å². The number of aliphatic hydroxyl groups excluding tert-OH is 1. The van der Waals surface area contributed by atoms with E-state index in [0.29, 0.717) is 12.4 Å². The smallest absolute Gasteiger partial charge is 0.123 e. The van der Waals surface area contributed by atoms with Crippen LogP contribution in [0.25, 0.3) is 0 Å². The van der Waals surface area contributed by atoms with Gasteiger partial charge >= 0.3 is 0 Å². The van der Waals surface area contributed by atoms with Crippen LogP contribution in [-0.4, -0.2) is 29.7 Å². The van der Waals surface area contributed by atoms with Crippen LogP contribution in [0.15, 0.2) is 29.2 Å². The molecule has 1 N–H and O–H groups in total. The van der Waals surface area contributed by atoms with Crippen molar-refractivity contribution in [3.05, 3.63) is 30.1 Å². The van der Waals surface area contributed by atoms with Gasteiger partial charge in [0.05, 0.1) is 18.8 Å². The van der Waals surface area contributed by atoms with E-state index in [0.717, 1.165) is 4.90 Å². The normalized spacial score (nSPS) is 13.1. The lowest BCUT2D eigenvalue weighted by Gasteiger charge is -2.12. The van der Waals surface area contributed by atoms with Crippen molar-refractivity contribution in [2.24, 2.45) is 0 Å².